The van der Waals surface area contributed by atoms with Gasteiger partial charge in [-0.05, 0) is 72.3 Å². The number of alkyl halides is 3. The monoisotopic (exact) mass is 743 g/mol. The number of thiazole rings is 1. The van der Waals surface area contributed by atoms with Crippen molar-refractivity contribution in [1.82, 2.24) is 20.2 Å². The summed E-state index contributed by atoms with van der Waals surface area (Å²) in [6.45, 7) is 4.19. The third kappa shape index (κ3) is 10.9. The molecule has 0 saturated carbocycles. The second-order valence-electron chi connectivity index (χ2n) is 12.2. The summed E-state index contributed by atoms with van der Waals surface area (Å²) in [5.74, 6) is 0.339. The Morgan fingerprint density at radius 3 is 2.23 bits per heavy atom. The second-order valence-corrected chi connectivity index (χ2v) is 13.1. The first-order valence-corrected chi connectivity index (χ1v) is 17.5. The van der Waals surface area contributed by atoms with Crippen molar-refractivity contribution in [3.05, 3.63) is 125 Å². The molecule has 15 heteroatoms. The zero-order valence-corrected chi connectivity index (χ0v) is 29.2. The number of amides is 3. The van der Waals surface area contributed by atoms with E-state index >= 15 is 0 Å². The highest BCUT2D eigenvalue weighted by atomic mass is 32.1. The molecule has 0 aliphatic carbocycles. The first-order valence-electron chi connectivity index (χ1n) is 16.6. The van der Waals surface area contributed by atoms with Gasteiger partial charge in [-0.25, -0.2) is 15.2 Å². The lowest BCUT2D eigenvalue weighted by atomic mass is 10.2. The Bertz CT molecular complexity index is 2020. The van der Waals surface area contributed by atoms with Crippen LogP contribution >= 0.6 is 11.3 Å². The molecule has 5 aromatic rings. The van der Waals surface area contributed by atoms with E-state index in [-0.39, 0.29) is 23.9 Å². The fourth-order valence-corrected chi connectivity index (χ4v) is 6.27. The summed E-state index contributed by atoms with van der Waals surface area (Å²) in [5.41, 5.74) is 5.76. The minimum Gasteiger partial charge on any atom is -0.507 e. The number of urea groups is 1. The number of nitrogens with one attached hydrogen (secondary N) is 3. The van der Waals surface area contributed by atoms with Crippen molar-refractivity contribution in [1.29, 1.82) is 0 Å². The van der Waals surface area contributed by atoms with Gasteiger partial charge in [0.1, 0.15) is 23.1 Å². The largest absolute Gasteiger partial charge is 0.507 e. The number of piperazine rings is 1. The van der Waals surface area contributed by atoms with Crippen LogP contribution in [0.15, 0.2) is 108 Å². The molecule has 53 heavy (non-hydrogen) atoms. The van der Waals surface area contributed by atoms with Gasteiger partial charge in [0.15, 0.2) is 0 Å². The summed E-state index contributed by atoms with van der Waals surface area (Å²) in [5, 5.41) is 22.3. The molecule has 0 radical (unpaired) electrons. The zero-order chi connectivity index (χ0) is 37.2. The van der Waals surface area contributed by atoms with Crippen LogP contribution < -0.4 is 20.8 Å². The van der Waals surface area contributed by atoms with Gasteiger partial charge in [-0.1, -0.05) is 30.3 Å². The molecule has 1 aliphatic heterocycles. The van der Waals surface area contributed by atoms with Crippen LogP contribution in [-0.4, -0.2) is 70.8 Å². The first-order chi connectivity index (χ1) is 25.6. The third-order valence-electron chi connectivity index (χ3n) is 8.27. The van der Waals surface area contributed by atoms with Crippen LogP contribution in [0.2, 0.25) is 0 Å². The van der Waals surface area contributed by atoms with Gasteiger partial charge in [0.2, 0.25) is 0 Å². The van der Waals surface area contributed by atoms with E-state index in [0.717, 1.165) is 47.1 Å². The van der Waals surface area contributed by atoms with E-state index in [1.54, 1.807) is 24.3 Å². The minimum atomic E-state index is -4.45. The number of carbonyl (C=O) groups excluding carboxylic acids is 2. The Morgan fingerprint density at radius 1 is 0.887 bits per heavy atom. The number of nitrogens with zero attached hydrogens (tertiary/aromatic N) is 4. The van der Waals surface area contributed by atoms with Crippen LogP contribution in [-0.2, 0) is 24.1 Å². The summed E-state index contributed by atoms with van der Waals surface area (Å²) >= 11 is 1.52. The Kier molecular flexibility index (Phi) is 12.0. The number of hydrogen-bond donors (Lipinski definition) is 4. The zero-order valence-electron chi connectivity index (χ0n) is 28.3. The van der Waals surface area contributed by atoms with Crippen molar-refractivity contribution in [2.24, 2.45) is 5.10 Å². The average molecular weight is 744 g/mol. The standard InChI is InChI=1S/C38H36F3N7O4S/c39-38(40,41)29-8-12-31(13-9-29)45-37(51)44-30-10-6-27(7-11-30)36-43-32(25-53-36)22-47-16-18-48(19-17-47)23-35(50)46-42-21-28-20-33(14-15-34(28)49)52-24-26-4-2-1-3-5-26/h1-15,20-21,25,49H,16-19,22-24H2,(H,46,50)(H2,44,45,51)/b42-21+. The molecule has 1 aromatic heterocycles. The van der Waals surface area contributed by atoms with E-state index in [9.17, 15) is 27.9 Å². The third-order valence-corrected chi connectivity index (χ3v) is 9.21. The highest BCUT2D eigenvalue weighted by molar-refractivity contribution is 7.13. The summed E-state index contributed by atoms with van der Waals surface area (Å²) in [7, 11) is 0. The SMILES string of the molecule is O=C(CN1CCN(Cc2csc(-c3ccc(NC(=O)Nc4ccc(C(F)(F)F)cc4)cc3)n2)CC1)N/N=C/c1cc(OCc2ccccc2)ccc1O. The van der Waals surface area contributed by atoms with Crippen LogP contribution in [0.1, 0.15) is 22.4 Å². The van der Waals surface area contributed by atoms with Crippen LogP contribution in [0.3, 0.4) is 0 Å². The Labute approximate surface area is 307 Å². The number of phenols is 1. The number of rotatable bonds is 12. The molecule has 0 unspecified atom stereocenters. The van der Waals surface area contributed by atoms with Gasteiger partial charge < -0.3 is 20.5 Å². The molecule has 4 aromatic carbocycles. The van der Waals surface area contributed by atoms with Crippen LogP contribution in [0, 0.1) is 0 Å². The van der Waals surface area contributed by atoms with E-state index < -0.39 is 17.8 Å². The van der Waals surface area contributed by atoms with E-state index in [1.165, 1.54) is 35.8 Å². The van der Waals surface area contributed by atoms with Gasteiger partial charge in [0.25, 0.3) is 5.91 Å². The van der Waals surface area contributed by atoms with Gasteiger partial charge in [0, 0.05) is 60.6 Å². The van der Waals surface area contributed by atoms with Crippen molar-refractivity contribution in [3.63, 3.8) is 0 Å². The topological polar surface area (TPSA) is 131 Å². The molecule has 1 saturated heterocycles. The van der Waals surface area contributed by atoms with Crippen molar-refractivity contribution in [2.75, 3.05) is 43.4 Å². The second kappa shape index (κ2) is 17.2. The predicted octanol–water partition coefficient (Wildman–Crippen LogP) is 7.03. The Morgan fingerprint density at radius 2 is 1.55 bits per heavy atom. The smallest absolute Gasteiger partial charge is 0.416 e. The van der Waals surface area contributed by atoms with Gasteiger partial charge in [-0.15, -0.1) is 11.3 Å². The molecule has 6 rings (SSSR count). The summed E-state index contributed by atoms with van der Waals surface area (Å²) in [6, 6.07) is 25.4. The average Bonchev–Trinajstić information content (AvgIpc) is 3.61. The first kappa shape index (κ1) is 37.0. The number of carbonyl (C=O) groups is 2. The predicted molar refractivity (Wildman–Crippen MR) is 198 cm³/mol. The van der Waals surface area contributed by atoms with Gasteiger partial charge in [-0.2, -0.15) is 18.3 Å². The maximum Gasteiger partial charge on any atom is 0.416 e. The molecule has 3 amide bonds. The molecule has 274 valence electrons. The van der Waals surface area contributed by atoms with Crippen molar-refractivity contribution >= 4 is 40.9 Å². The summed E-state index contributed by atoms with van der Waals surface area (Å²) in [6.07, 6.45) is -3.05. The minimum absolute atomic E-state index is 0.0224. The van der Waals surface area contributed by atoms with Gasteiger partial charge in [0.05, 0.1) is 24.0 Å². The van der Waals surface area contributed by atoms with E-state index in [0.29, 0.717) is 43.2 Å². The molecule has 0 bridgehead atoms. The summed E-state index contributed by atoms with van der Waals surface area (Å²) < 4.78 is 44.1. The maximum atomic E-state index is 12.8. The lowest BCUT2D eigenvalue weighted by molar-refractivity contribution is -0.137. The van der Waals surface area contributed by atoms with E-state index in [2.05, 4.69) is 31.0 Å². The normalized spacial score (nSPS) is 13.9. The highest BCUT2D eigenvalue weighted by Crippen LogP contribution is 2.30. The van der Waals surface area contributed by atoms with Gasteiger partial charge in [-0.3, -0.25) is 14.6 Å². The molecule has 11 nitrogen and oxygen atoms in total. The number of aromatic hydroxyl groups is 1. The highest BCUT2D eigenvalue weighted by Gasteiger charge is 2.30. The quantitative estimate of drug-likeness (QED) is 0.0798. The van der Waals surface area contributed by atoms with Gasteiger partial charge >= 0.3 is 12.2 Å². The summed E-state index contributed by atoms with van der Waals surface area (Å²) in [4.78, 5) is 34.0. The molecule has 0 spiro atoms. The number of anilines is 2. The molecule has 2 heterocycles. The molecule has 1 fully saturated rings. The molecule has 0 atom stereocenters. The Hall–Kier alpha value is -5.77. The number of phenolic OH excluding ortho intramolecular Hbond substituents is 1. The molecular formula is C38H36F3N7O4S. The van der Waals surface area contributed by atoms with Crippen LogP contribution in [0.4, 0.5) is 29.3 Å². The van der Waals surface area contributed by atoms with Crippen molar-refractivity contribution in [3.8, 4) is 22.1 Å². The van der Waals surface area contributed by atoms with Crippen molar-refractivity contribution < 1.29 is 32.6 Å². The number of halogens is 3. The molecule has 1 aliphatic rings. The molecule has 4 N–H and O–H groups in total. The van der Waals surface area contributed by atoms with E-state index in [4.69, 9.17) is 9.72 Å². The fourth-order valence-electron chi connectivity index (χ4n) is 5.46. The number of hydrogen-bond acceptors (Lipinski definition) is 9. The number of benzene rings is 4. The Balaban J connectivity index is 0.904. The maximum absolute atomic E-state index is 12.8. The van der Waals surface area contributed by atoms with Crippen LogP contribution in [0.25, 0.3) is 10.6 Å². The lowest BCUT2D eigenvalue weighted by Crippen LogP contribution is -2.48. The van der Waals surface area contributed by atoms with Crippen molar-refractivity contribution in [2.45, 2.75) is 19.3 Å². The molecular weight excluding hydrogens is 708 g/mol. The number of hydrazone groups is 1. The van der Waals surface area contributed by atoms with E-state index in [1.807, 2.05) is 47.8 Å². The number of ether oxygens (including phenoxy) is 1. The number of aromatic nitrogens is 1. The lowest BCUT2D eigenvalue weighted by Gasteiger charge is -2.33. The fraction of sp³-hybridized carbons (Fsp3) is 0.211. The van der Waals surface area contributed by atoms with Crippen LogP contribution in [0.5, 0.6) is 11.5 Å².